The summed E-state index contributed by atoms with van der Waals surface area (Å²) in [5, 5.41) is 8.77. The number of pyridine rings is 1. The molecule has 0 unspecified atom stereocenters. The number of aliphatic hydroxyl groups excluding tert-OH is 1. The van der Waals surface area contributed by atoms with Crippen LogP contribution in [0.25, 0.3) is 0 Å². The van der Waals surface area contributed by atoms with Crippen LogP contribution in [0.4, 0.5) is 0 Å². The Hall–Kier alpha value is -1.13. The molecular weight excluding hydrogens is 156 g/mol. The third-order valence-electron chi connectivity index (χ3n) is 1.59. The van der Waals surface area contributed by atoms with E-state index < -0.39 is 0 Å². The zero-order valence-electron chi connectivity index (χ0n) is 6.90. The van der Waals surface area contributed by atoms with E-state index in [4.69, 9.17) is 15.6 Å². The maximum absolute atomic E-state index is 8.77. The molecular formula is C8H12N2O2. The van der Waals surface area contributed by atoms with Gasteiger partial charge in [-0.25, -0.2) is 4.98 Å². The highest BCUT2D eigenvalue weighted by atomic mass is 16.5. The normalized spacial score (nSPS) is 12.6. The molecule has 1 aromatic rings. The predicted octanol–water partition coefficient (Wildman–Crippen LogP) is 0.0823. The molecule has 0 saturated heterocycles. The highest BCUT2D eigenvalue weighted by Gasteiger charge is 2.04. The zero-order valence-corrected chi connectivity index (χ0v) is 6.90. The second kappa shape index (κ2) is 4.04. The molecule has 1 rings (SSSR count). The van der Waals surface area contributed by atoms with Crippen molar-refractivity contribution >= 4 is 0 Å². The third-order valence-corrected chi connectivity index (χ3v) is 1.59. The van der Waals surface area contributed by atoms with E-state index in [0.717, 1.165) is 5.56 Å². The van der Waals surface area contributed by atoms with Crippen molar-refractivity contribution in [3.05, 3.63) is 23.9 Å². The smallest absolute Gasteiger partial charge is 0.213 e. The Balaban J connectivity index is 2.86. The fraction of sp³-hybridized carbons (Fsp3) is 0.375. The van der Waals surface area contributed by atoms with Crippen LogP contribution in [0.5, 0.6) is 5.88 Å². The lowest BCUT2D eigenvalue weighted by atomic mass is 10.1. The Morgan fingerprint density at radius 2 is 2.50 bits per heavy atom. The van der Waals surface area contributed by atoms with Gasteiger partial charge < -0.3 is 15.6 Å². The fourth-order valence-electron chi connectivity index (χ4n) is 0.872. The third kappa shape index (κ3) is 1.93. The number of rotatable bonds is 3. The Kier molecular flexibility index (Phi) is 3.01. The van der Waals surface area contributed by atoms with Gasteiger partial charge in [0, 0.05) is 12.3 Å². The number of nitrogens with zero attached hydrogens (tertiary/aromatic N) is 1. The lowest BCUT2D eigenvalue weighted by Crippen LogP contribution is -2.14. The minimum Gasteiger partial charge on any atom is -0.481 e. The number of aliphatic hydroxyl groups is 1. The van der Waals surface area contributed by atoms with Crippen LogP contribution < -0.4 is 10.5 Å². The summed E-state index contributed by atoms with van der Waals surface area (Å²) in [6.07, 6.45) is 1.60. The molecule has 0 saturated carbocycles. The van der Waals surface area contributed by atoms with Crippen molar-refractivity contribution in [2.75, 3.05) is 13.7 Å². The molecule has 0 fully saturated rings. The van der Waals surface area contributed by atoms with Crippen molar-refractivity contribution in [3.63, 3.8) is 0 Å². The fourth-order valence-corrected chi connectivity index (χ4v) is 0.872. The molecule has 1 heterocycles. The van der Waals surface area contributed by atoms with E-state index in [1.165, 1.54) is 7.11 Å². The maximum Gasteiger partial charge on any atom is 0.213 e. The topological polar surface area (TPSA) is 68.4 Å². The molecule has 0 aromatic carbocycles. The zero-order chi connectivity index (χ0) is 8.97. The van der Waals surface area contributed by atoms with E-state index in [0.29, 0.717) is 5.88 Å². The number of aromatic nitrogens is 1. The summed E-state index contributed by atoms with van der Waals surface area (Å²) in [4.78, 5) is 3.92. The van der Waals surface area contributed by atoms with Crippen LogP contribution >= 0.6 is 0 Å². The maximum atomic E-state index is 8.77. The van der Waals surface area contributed by atoms with Crippen LogP contribution in [-0.4, -0.2) is 23.8 Å². The summed E-state index contributed by atoms with van der Waals surface area (Å²) < 4.78 is 4.90. The summed E-state index contributed by atoms with van der Waals surface area (Å²) >= 11 is 0. The van der Waals surface area contributed by atoms with Crippen LogP contribution in [0, 0.1) is 0 Å². The van der Waals surface area contributed by atoms with Gasteiger partial charge in [-0.1, -0.05) is 0 Å². The highest BCUT2D eigenvalue weighted by molar-refractivity contribution is 5.23. The standard InChI is InChI=1S/C8H12N2O2/c1-12-8-4-6(2-3-10-8)7(9)5-11/h2-4,7,11H,5,9H2,1H3/t7-/m0/s1. The molecule has 0 aliphatic rings. The first kappa shape index (κ1) is 8.96. The van der Waals surface area contributed by atoms with Gasteiger partial charge in [0.25, 0.3) is 0 Å². The second-order valence-corrected chi connectivity index (χ2v) is 2.42. The molecule has 4 nitrogen and oxygen atoms in total. The van der Waals surface area contributed by atoms with Gasteiger partial charge >= 0.3 is 0 Å². The number of nitrogens with two attached hydrogens (primary N) is 1. The van der Waals surface area contributed by atoms with Gasteiger partial charge in [-0.3, -0.25) is 0 Å². The molecule has 1 atom stereocenters. The van der Waals surface area contributed by atoms with Crippen LogP contribution in [0.3, 0.4) is 0 Å². The van der Waals surface area contributed by atoms with E-state index in [1.54, 1.807) is 18.3 Å². The van der Waals surface area contributed by atoms with Crippen LogP contribution in [-0.2, 0) is 0 Å². The molecule has 12 heavy (non-hydrogen) atoms. The van der Waals surface area contributed by atoms with Crippen molar-refractivity contribution < 1.29 is 9.84 Å². The van der Waals surface area contributed by atoms with Gasteiger partial charge in [-0.2, -0.15) is 0 Å². The van der Waals surface area contributed by atoms with Crippen molar-refractivity contribution in [3.8, 4) is 5.88 Å². The Morgan fingerprint density at radius 3 is 3.08 bits per heavy atom. The number of hydrogen-bond acceptors (Lipinski definition) is 4. The van der Waals surface area contributed by atoms with E-state index in [-0.39, 0.29) is 12.6 Å². The molecule has 3 N–H and O–H groups in total. The lowest BCUT2D eigenvalue weighted by Gasteiger charge is -2.08. The first-order chi connectivity index (χ1) is 5.77. The Morgan fingerprint density at radius 1 is 1.75 bits per heavy atom. The molecule has 0 bridgehead atoms. The number of ether oxygens (including phenoxy) is 1. The average molecular weight is 168 g/mol. The van der Waals surface area contributed by atoms with Crippen molar-refractivity contribution in [2.24, 2.45) is 5.73 Å². The summed E-state index contributed by atoms with van der Waals surface area (Å²) in [6.45, 7) is -0.0762. The van der Waals surface area contributed by atoms with Gasteiger partial charge in [0.05, 0.1) is 19.8 Å². The highest BCUT2D eigenvalue weighted by Crippen LogP contribution is 2.13. The first-order valence-electron chi connectivity index (χ1n) is 3.64. The Labute approximate surface area is 71.0 Å². The largest absolute Gasteiger partial charge is 0.481 e. The quantitative estimate of drug-likeness (QED) is 0.670. The number of hydrogen-bond donors (Lipinski definition) is 2. The van der Waals surface area contributed by atoms with Gasteiger partial charge in [0.1, 0.15) is 0 Å². The van der Waals surface area contributed by atoms with E-state index >= 15 is 0 Å². The van der Waals surface area contributed by atoms with Crippen molar-refractivity contribution in [1.29, 1.82) is 0 Å². The van der Waals surface area contributed by atoms with Crippen LogP contribution in [0.2, 0.25) is 0 Å². The SMILES string of the molecule is COc1cc([C@@H](N)CO)ccn1. The molecule has 1 aromatic heterocycles. The average Bonchev–Trinajstić information content (AvgIpc) is 2.17. The van der Waals surface area contributed by atoms with E-state index in [9.17, 15) is 0 Å². The summed E-state index contributed by atoms with van der Waals surface area (Å²) in [5.41, 5.74) is 6.41. The van der Waals surface area contributed by atoms with Crippen molar-refractivity contribution in [2.45, 2.75) is 6.04 Å². The molecule has 0 aliphatic heterocycles. The lowest BCUT2D eigenvalue weighted by molar-refractivity contribution is 0.267. The molecule has 0 aliphatic carbocycles. The van der Waals surface area contributed by atoms with Gasteiger partial charge in [-0.15, -0.1) is 0 Å². The molecule has 66 valence electrons. The Bertz CT molecular complexity index is 253. The minimum atomic E-state index is -0.359. The molecule has 0 amide bonds. The predicted molar refractivity (Wildman–Crippen MR) is 44.8 cm³/mol. The molecule has 4 heteroatoms. The second-order valence-electron chi connectivity index (χ2n) is 2.42. The number of methoxy groups -OCH3 is 1. The van der Waals surface area contributed by atoms with Crippen LogP contribution in [0.15, 0.2) is 18.3 Å². The monoisotopic (exact) mass is 168 g/mol. The van der Waals surface area contributed by atoms with Gasteiger partial charge in [0.15, 0.2) is 0 Å². The van der Waals surface area contributed by atoms with Gasteiger partial charge in [-0.05, 0) is 11.6 Å². The van der Waals surface area contributed by atoms with Crippen LogP contribution in [0.1, 0.15) is 11.6 Å². The molecule has 0 radical (unpaired) electrons. The summed E-state index contributed by atoms with van der Waals surface area (Å²) in [7, 11) is 1.54. The molecule has 0 spiro atoms. The summed E-state index contributed by atoms with van der Waals surface area (Å²) in [6, 6.07) is 3.10. The minimum absolute atomic E-state index is 0.0762. The summed E-state index contributed by atoms with van der Waals surface area (Å²) in [5.74, 6) is 0.511. The van der Waals surface area contributed by atoms with Crippen molar-refractivity contribution in [1.82, 2.24) is 4.98 Å². The van der Waals surface area contributed by atoms with E-state index in [1.807, 2.05) is 0 Å². The van der Waals surface area contributed by atoms with Gasteiger partial charge in [0.2, 0.25) is 5.88 Å². The van der Waals surface area contributed by atoms with E-state index in [2.05, 4.69) is 4.98 Å². The first-order valence-corrected chi connectivity index (χ1v) is 3.64.